The smallest absolute Gasteiger partial charge is 0.0153 e. The second-order valence-corrected chi connectivity index (χ2v) is 12.0. The average molecular weight is 480 g/mol. The molecule has 0 saturated carbocycles. The van der Waals surface area contributed by atoms with Crippen LogP contribution in [0, 0.1) is 0 Å². The number of hydrogen-bond donors (Lipinski definition) is 0. The molecule has 0 aliphatic carbocycles. The predicted octanol–water partition coefficient (Wildman–Crippen LogP) is 11.9. The third kappa shape index (κ3) is 22.4. The average Bonchev–Trinajstić information content (AvgIpc) is 2.82. The van der Waals surface area contributed by atoms with Crippen molar-refractivity contribution < 1.29 is 0 Å². The van der Waals surface area contributed by atoms with Crippen molar-refractivity contribution in [1.29, 1.82) is 0 Å². The number of nitrogens with zero attached hydrogens (tertiary/aromatic N) is 1. The number of unbranched alkanes of at least 4 members (excludes halogenated alkanes) is 21. The Hall–Kier alpha value is -0.0400. The zero-order valence-corrected chi connectivity index (χ0v) is 25.0. The quantitative estimate of drug-likeness (QED) is 0.101. The van der Waals surface area contributed by atoms with Gasteiger partial charge in [0.05, 0.1) is 0 Å². The van der Waals surface area contributed by atoms with Crippen molar-refractivity contribution >= 4 is 0 Å². The van der Waals surface area contributed by atoms with Gasteiger partial charge in [0.15, 0.2) is 0 Å². The Morgan fingerprint density at radius 3 is 0.941 bits per heavy atom. The number of hydrogen-bond acceptors (Lipinski definition) is 1. The number of rotatable bonds is 28. The summed E-state index contributed by atoms with van der Waals surface area (Å²) in [5.74, 6) is 0. The highest BCUT2D eigenvalue weighted by atomic mass is 15.2. The van der Waals surface area contributed by atoms with Gasteiger partial charge in [0, 0.05) is 5.54 Å². The highest BCUT2D eigenvalue weighted by Crippen LogP contribution is 2.25. The van der Waals surface area contributed by atoms with Crippen molar-refractivity contribution in [3.05, 3.63) is 0 Å². The molecule has 0 fully saturated rings. The molecule has 0 N–H and O–H groups in total. The van der Waals surface area contributed by atoms with Crippen LogP contribution >= 0.6 is 0 Å². The highest BCUT2D eigenvalue weighted by Gasteiger charge is 2.25. The molecule has 0 spiro atoms. The summed E-state index contributed by atoms with van der Waals surface area (Å²) in [6, 6.07) is 0. The van der Waals surface area contributed by atoms with E-state index >= 15 is 0 Å². The van der Waals surface area contributed by atoms with Gasteiger partial charge in [-0.1, -0.05) is 162 Å². The van der Waals surface area contributed by atoms with E-state index < -0.39 is 0 Å². The molecule has 0 aromatic rings. The Morgan fingerprint density at radius 2 is 0.618 bits per heavy atom. The molecule has 0 radical (unpaired) electrons. The van der Waals surface area contributed by atoms with E-state index in [1.54, 1.807) is 0 Å². The van der Waals surface area contributed by atoms with Crippen LogP contribution in [0.15, 0.2) is 0 Å². The lowest BCUT2D eigenvalue weighted by atomic mass is 9.92. The molecule has 34 heavy (non-hydrogen) atoms. The minimum atomic E-state index is 0.379. The first kappa shape index (κ1) is 34.0. The maximum Gasteiger partial charge on any atom is 0.0153 e. The Bertz CT molecular complexity index is 355. The summed E-state index contributed by atoms with van der Waals surface area (Å²) >= 11 is 0. The Morgan fingerprint density at radius 1 is 0.353 bits per heavy atom. The second-order valence-electron chi connectivity index (χ2n) is 12.0. The molecule has 206 valence electrons. The van der Waals surface area contributed by atoms with Crippen molar-refractivity contribution in [2.75, 3.05) is 13.1 Å². The molecule has 0 amide bonds. The Kier molecular flexibility index (Phi) is 26.0. The summed E-state index contributed by atoms with van der Waals surface area (Å²) in [6.07, 6.45) is 35.8. The lowest BCUT2D eigenvalue weighted by Gasteiger charge is -2.39. The van der Waals surface area contributed by atoms with E-state index in [9.17, 15) is 0 Å². The van der Waals surface area contributed by atoms with Crippen LogP contribution in [0.3, 0.4) is 0 Å². The van der Waals surface area contributed by atoms with Crippen LogP contribution in [-0.4, -0.2) is 23.5 Å². The van der Waals surface area contributed by atoms with Gasteiger partial charge in [0.1, 0.15) is 0 Å². The van der Waals surface area contributed by atoms with Crippen LogP contribution in [0.25, 0.3) is 0 Å². The van der Waals surface area contributed by atoms with Crippen LogP contribution in [0.1, 0.15) is 195 Å². The van der Waals surface area contributed by atoms with E-state index in [0.717, 1.165) is 0 Å². The lowest BCUT2D eigenvalue weighted by Crippen LogP contribution is -2.45. The van der Waals surface area contributed by atoms with E-state index in [1.165, 1.54) is 174 Å². The van der Waals surface area contributed by atoms with Gasteiger partial charge in [-0.3, -0.25) is 4.90 Å². The van der Waals surface area contributed by atoms with Gasteiger partial charge in [-0.15, -0.1) is 0 Å². The minimum Gasteiger partial charge on any atom is -0.298 e. The zero-order valence-electron chi connectivity index (χ0n) is 25.0. The van der Waals surface area contributed by atoms with Crippen LogP contribution < -0.4 is 0 Å². The fourth-order valence-corrected chi connectivity index (χ4v) is 5.44. The Balaban J connectivity index is 4.23. The van der Waals surface area contributed by atoms with Crippen molar-refractivity contribution in [3.8, 4) is 0 Å². The van der Waals surface area contributed by atoms with Gasteiger partial charge in [-0.2, -0.15) is 0 Å². The van der Waals surface area contributed by atoms with Crippen LogP contribution in [0.2, 0.25) is 0 Å². The molecule has 0 bridgehead atoms. The van der Waals surface area contributed by atoms with Gasteiger partial charge in [0.2, 0.25) is 0 Å². The molecular weight excluding hydrogens is 410 g/mol. The van der Waals surface area contributed by atoms with Crippen LogP contribution in [0.5, 0.6) is 0 Å². The molecule has 0 unspecified atom stereocenters. The van der Waals surface area contributed by atoms with Crippen molar-refractivity contribution in [2.45, 2.75) is 201 Å². The zero-order chi connectivity index (χ0) is 25.2. The van der Waals surface area contributed by atoms with Crippen molar-refractivity contribution in [1.82, 2.24) is 4.90 Å². The van der Waals surface area contributed by atoms with Gasteiger partial charge in [-0.25, -0.2) is 0 Å². The van der Waals surface area contributed by atoms with Gasteiger partial charge in [-0.05, 0) is 46.2 Å². The molecule has 0 aliphatic heterocycles. The summed E-state index contributed by atoms with van der Waals surface area (Å²) < 4.78 is 0. The first-order valence-corrected chi connectivity index (χ1v) is 16.3. The predicted molar refractivity (Wildman–Crippen MR) is 158 cm³/mol. The molecule has 0 aromatic carbocycles. The van der Waals surface area contributed by atoms with Crippen molar-refractivity contribution in [3.63, 3.8) is 0 Å². The molecule has 0 aromatic heterocycles. The molecule has 0 aliphatic rings. The summed E-state index contributed by atoms with van der Waals surface area (Å²) in [6.45, 7) is 14.7. The SMILES string of the molecule is CCCCCCCCCCN(CCCCCCCCCC)C(C)(C)CCCCCCCCCC. The molecule has 0 saturated heterocycles. The first-order valence-electron chi connectivity index (χ1n) is 16.3. The normalized spacial score (nSPS) is 12.2. The minimum absolute atomic E-state index is 0.379. The van der Waals surface area contributed by atoms with Gasteiger partial charge >= 0.3 is 0 Å². The lowest BCUT2D eigenvalue weighted by molar-refractivity contribution is 0.102. The van der Waals surface area contributed by atoms with E-state index in [4.69, 9.17) is 0 Å². The van der Waals surface area contributed by atoms with Gasteiger partial charge in [0.25, 0.3) is 0 Å². The highest BCUT2D eigenvalue weighted by molar-refractivity contribution is 4.81. The molecular formula is C33H69N. The van der Waals surface area contributed by atoms with E-state index in [-0.39, 0.29) is 0 Å². The van der Waals surface area contributed by atoms with E-state index in [2.05, 4.69) is 39.5 Å². The third-order valence-electron chi connectivity index (χ3n) is 8.06. The first-order chi connectivity index (χ1) is 16.6. The molecule has 0 atom stereocenters. The van der Waals surface area contributed by atoms with Crippen LogP contribution in [-0.2, 0) is 0 Å². The van der Waals surface area contributed by atoms with Crippen LogP contribution in [0.4, 0.5) is 0 Å². The molecule has 1 heteroatoms. The molecule has 1 nitrogen and oxygen atoms in total. The monoisotopic (exact) mass is 480 g/mol. The maximum atomic E-state index is 2.89. The summed E-state index contributed by atoms with van der Waals surface area (Å²) in [5.41, 5.74) is 0.379. The summed E-state index contributed by atoms with van der Waals surface area (Å²) in [7, 11) is 0. The standard InChI is InChI=1S/C33H69N/c1-6-9-12-15-18-21-24-27-30-33(4,5)34(31-28-25-22-19-16-13-10-7-2)32-29-26-23-20-17-14-11-8-3/h6-32H2,1-5H3. The van der Waals surface area contributed by atoms with E-state index in [1.807, 2.05) is 0 Å². The van der Waals surface area contributed by atoms with E-state index in [0.29, 0.717) is 5.54 Å². The fourth-order valence-electron chi connectivity index (χ4n) is 5.44. The topological polar surface area (TPSA) is 3.24 Å². The summed E-state index contributed by atoms with van der Waals surface area (Å²) in [4.78, 5) is 2.89. The summed E-state index contributed by atoms with van der Waals surface area (Å²) in [5, 5.41) is 0. The molecule has 0 rings (SSSR count). The van der Waals surface area contributed by atoms with Crippen molar-refractivity contribution in [2.24, 2.45) is 0 Å². The molecule has 0 heterocycles. The second kappa shape index (κ2) is 26.0. The Labute approximate surface area is 218 Å². The van der Waals surface area contributed by atoms with Gasteiger partial charge < -0.3 is 0 Å². The fraction of sp³-hybridized carbons (Fsp3) is 1.00. The largest absolute Gasteiger partial charge is 0.298 e. The maximum absolute atomic E-state index is 2.89. The third-order valence-corrected chi connectivity index (χ3v) is 8.06.